The molecule has 3 rings (SSSR count). The summed E-state index contributed by atoms with van der Waals surface area (Å²) >= 11 is 1.79. The fourth-order valence-corrected chi connectivity index (χ4v) is 3.55. The number of hydrogen-bond acceptors (Lipinski definition) is 5. The van der Waals surface area contributed by atoms with E-state index in [-0.39, 0.29) is 18.3 Å². The Morgan fingerprint density at radius 3 is 3.14 bits per heavy atom. The van der Waals surface area contributed by atoms with Gasteiger partial charge in [0.2, 0.25) is 11.7 Å². The Labute approximate surface area is 132 Å². The standard InChI is InChI=1S/C15H15N5OS/c1-11-6-7-20(12-4-2-3-5-13(12)22-11)15(21)9-19-10-17-18-14(19)8-16/h2-5,10-11H,6-7,9H2,1H3. The maximum atomic E-state index is 12.7. The van der Waals surface area contributed by atoms with E-state index in [4.69, 9.17) is 5.26 Å². The molecule has 0 aliphatic carbocycles. The zero-order valence-electron chi connectivity index (χ0n) is 12.1. The summed E-state index contributed by atoms with van der Waals surface area (Å²) in [5, 5.41) is 16.8. The highest BCUT2D eigenvalue weighted by molar-refractivity contribution is 8.00. The first-order valence-electron chi connectivity index (χ1n) is 7.03. The lowest BCUT2D eigenvalue weighted by atomic mass is 10.2. The SMILES string of the molecule is CC1CCN(C(=O)Cn2cnnc2C#N)c2ccccc2S1. The molecule has 22 heavy (non-hydrogen) atoms. The van der Waals surface area contributed by atoms with Gasteiger partial charge in [0.25, 0.3) is 0 Å². The number of carbonyl (C=O) groups is 1. The summed E-state index contributed by atoms with van der Waals surface area (Å²) in [5.41, 5.74) is 0.938. The maximum absolute atomic E-state index is 12.7. The Kier molecular flexibility index (Phi) is 4.11. The number of amides is 1. The van der Waals surface area contributed by atoms with Crippen LogP contribution in [0.2, 0.25) is 0 Å². The number of aromatic nitrogens is 3. The van der Waals surface area contributed by atoms with Crippen LogP contribution in [0.3, 0.4) is 0 Å². The number of fused-ring (bicyclic) bond motifs is 1. The normalized spacial score (nSPS) is 17.5. The van der Waals surface area contributed by atoms with Crippen molar-refractivity contribution >= 4 is 23.4 Å². The Balaban J connectivity index is 1.88. The van der Waals surface area contributed by atoms with E-state index in [2.05, 4.69) is 17.1 Å². The Hall–Kier alpha value is -2.33. The molecule has 0 radical (unpaired) electrons. The summed E-state index contributed by atoms with van der Waals surface area (Å²) in [7, 11) is 0. The Morgan fingerprint density at radius 1 is 1.50 bits per heavy atom. The van der Waals surface area contributed by atoms with E-state index in [1.807, 2.05) is 30.3 Å². The van der Waals surface area contributed by atoms with E-state index in [1.165, 1.54) is 10.9 Å². The molecule has 2 aromatic rings. The van der Waals surface area contributed by atoms with E-state index < -0.39 is 0 Å². The molecule has 7 heteroatoms. The van der Waals surface area contributed by atoms with Crippen LogP contribution in [0.25, 0.3) is 0 Å². The van der Waals surface area contributed by atoms with E-state index in [1.54, 1.807) is 16.7 Å². The Bertz CT molecular complexity index is 736. The second-order valence-corrected chi connectivity index (χ2v) is 6.60. The highest BCUT2D eigenvalue weighted by atomic mass is 32.2. The fourth-order valence-electron chi connectivity index (χ4n) is 2.43. The van der Waals surface area contributed by atoms with Crippen molar-refractivity contribution in [3.63, 3.8) is 0 Å². The van der Waals surface area contributed by atoms with E-state index in [0.717, 1.165) is 17.0 Å². The van der Waals surface area contributed by atoms with Gasteiger partial charge in [-0.05, 0) is 18.6 Å². The highest BCUT2D eigenvalue weighted by Crippen LogP contribution is 2.37. The number of thioether (sulfide) groups is 1. The van der Waals surface area contributed by atoms with Gasteiger partial charge in [0, 0.05) is 16.7 Å². The molecule has 1 amide bonds. The first-order chi connectivity index (χ1) is 10.7. The molecule has 1 aromatic heterocycles. The van der Waals surface area contributed by atoms with Crippen molar-refractivity contribution in [3.8, 4) is 6.07 Å². The van der Waals surface area contributed by atoms with E-state index in [0.29, 0.717) is 11.8 Å². The van der Waals surface area contributed by atoms with Crippen LogP contribution in [0.1, 0.15) is 19.2 Å². The molecule has 2 heterocycles. The summed E-state index contributed by atoms with van der Waals surface area (Å²) < 4.78 is 1.48. The lowest BCUT2D eigenvalue weighted by molar-refractivity contribution is -0.119. The zero-order chi connectivity index (χ0) is 15.5. The number of carbonyl (C=O) groups excluding carboxylic acids is 1. The number of hydrogen-bond donors (Lipinski definition) is 0. The first-order valence-corrected chi connectivity index (χ1v) is 7.91. The molecule has 112 valence electrons. The minimum atomic E-state index is -0.0570. The average molecular weight is 313 g/mol. The monoisotopic (exact) mass is 313 g/mol. The zero-order valence-corrected chi connectivity index (χ0v) is 13.0. The van der Waals surface area contributed by atoms with Crippen molar-refractivity contribution in [2.45, 2.75) is 30.0 Å². The summed E-state index contributed by atoms with van der Waals surface area (Å²) in [6, 6.07) is 9.87. The number of anilines is 1. The van der Waals surface area contributed by atoms with Crippen LogP contribution in [-0.4, -0.2) is 32.5 Å². The first kappa shape index (κ1) is 14.6. The molecule has 0 N–H and O–H groups in total. The van der Waals surface area contributed by atoms with Gasteiger partial charge in [-0.25, -0.2) is 0 Å². The summed E-state index contributed by atoms with van der Waals surface area (Å²) in [6.45, 7) is 2.92. The van der Waals surface area contributed by atoms with Gasteiger partial charge in [-0.1, -0.05) is 19.1 Å². The van der Waals surface area contributed by atoms with Crippen molar-refractivity contribution in [1.29, 1.82) is 5.26 Å². The van der Waals surface area contributed by atoms with Gasteiger partial charge in [0.1, 0.15) is 18.9 Å². The summed E-state index contributed by atoms with van der Waals surface area (Å²) in [5.74, 6) is 0.0950. The van der Waals surface area contributed by atoms with Gasteiger partial charge in [0.05, 0.1) is 5.69 Å². The van der Waals surface area contributed by atoms with Gasteiger partial charge in [-0.3, -0.25) is 9.36 Å². The molecule has 1 aromatic carbocycles. The van der Waals surface area contributed by atoms with Gasteiger partial charge < -0.3 is 4.90 Å². The molecule has 0 spiro atoms. The molecule has 0 saturated heterocycles. The van der Waals surface area contributed by atoms with Crippen molar-refractivity contribution in [1.82, 2.24) is 14.8 Å². The molecule has 1 aliphatic rings. The minimum Gasteiger partial charge on any atom is -0.310 e. The smallest absolute Gasteiger partial charge is 0.247 e. The molecule has 0 saturated carbocycles. The maximum Gasteiger partial charge on any atom is 0.247 e. The quantitative estimate of drug-likeness (QED) is 0.848. The summed E-state index contributed by atoms with van der Waals surface area (Å²) in [6.07, 6.45) is 2.34. The van der Waals surface area contributed by atoms with Crippen LogP contribution in [0, 0.1) is 11.3 Å². The van der Waals surface area contributed by atoms with Crippen LogP contribution >= 0.6 is 11.8 Å². The van der Waals surface area contributed by atoms with Crippen molar-refractivity contribution in [3.05, 3.63) is 36.4 Å². The topological polar surface area (TPSA) is 74.8 Å². The van der Waals surface area contributed by atoms with E-state index in [9.17, 15) is 4.79 Å². The van der Waals surface area contributed by atoms with Crippen LogP contribution < -0.4 is 4.90 Å². The average Bonchev–Trinajstić information content (AvgIpc) is 2.88. The third-order valence-electron chi connectivity index (χ3n) is 3.57. The number of para-hydroxylation sites is 1. The highest BCUT2D eigenvalue weighted by Gasteiger charge is 2.24. The van der Waals surface area contributed by atoms with Crippen LogP contribution in [0.4, 0.5) is 5.69 Å². The number of nitriles is 1. The molecular formula is C15H15N5OS. The van der Waals surface area contributed by atoms with Crippen molar-refractivity contribution in [2.24, 2.45) is 0 Å². The number of benzene rings is 1. The van der Waals surface area contributed by atoms with Gasteiger partial charge in [0.15, 0.2) is 0 Å². The molecule has 6 nitrogen and oxygen atoms in total. The van der Waals surface area contributed by atoms with Gasteiger partial charge in [-0.15, -0.1) is 22.0 Å². The largest absolute Gasteiger partial charge is 0.310 e. The molecule has 0 fully saturated rings. The number of nitrogens with zero attached hydrogens (tertiary/aromatic N) is 5. The fraction of sp³-hybridized carbons (Fsp3) is 0.333. The molecular weight excluding hydrogens is 298 g/mol. The lowest BCUT2D eigenvalue weighted by Gasteiger charge is -2.22. The summed E-state index contributed by atoms with van der Waals surface area (Å²) in [4.78, 5) is 15.6. The predicted molar refractivity (Wildman–Crippen MR) is 83.5 cm³/mol. The predicted octanol–water partition coefficient (Wildman–Crippen LogP) is 2.07. The second kappa shape index (κ2) is 6.20. The third kappa shape index (κ3) is 2.83. The minimum absolute atomic E-state index is 0.0570. The van der Waals surface area contributed by atoms with Crippen LogP contribution in [0.15, 0.2) is 35.5 Å². The van der Waals surface area contributed by atoms with Gasteiger partial charge in [-0.2, -0.15) is 5.26 Å². The van der Waals surface area contributed by atoms with E-state index >= 15 is 0 Å². The Morgan fingerprint density at radius 2 is 2.32 bits per heavy atom. The van der Waals surface area contributed by atoms with Crippen LogP contribution in [-0.2, 0) is 11.3 Å². The molecule has 1 atom stereocenters. The molecule has 1 aliphatic heterocycles. The van der Waals surface area contributed by atoms with Crippen molar-refractivity contribution < 1.29 is 4.79 Å². The second-order valence-electron chi connectivity index (χ2n) is 5.12. The lowest BCUT2D eigenvalue weighted by Crippen LogP contribution is -2.35. The molecule has 0 bridgehead atoms. The molecule has 1 unspecified atom stereocenters. The van der Waals surface area contributed by atoms with Gasteiger partial charge >= 0.3 is 0 Å². The number of rotatable bonds is 2. The van der Waals surface area contributed by atoms with Crippen molar-refractivity contribution in [2.75, 3.05) is 11.4 Å². The van der Waals surface area contributed by atoms with Crippen LogP contribution in [0.5, 0.6) is 0 Å². The third-order valence-corrected chi connectivity index (χ3v) is 4.80.